The number of hydrogen-bond acceptors (Lipinski definition) is 3. The molecule has 0 aromatic carbocycles. The van der Waals surface area contributed by atoms with Crippen LogP contribution in [0.2, 0.25) is 0 Å². The van der Waals surface area contributed by atoms with E-state index >= 15 is 0 Å². The summed E-state index contributed by atoms with van der Waals surface area (Å²) < 4.78 is 27.8. The normalized spacial score (nSPS) is 12.8. The van der Waals surface area contributed by atoms with E-state index in [1.54, 1.807) is 6.07 Å². The van der Waals surface area contributed by atoms with Crippen molar-refractivity contribution in [2.75, 3.05) is 14.1 Å². The first-order chi connectivity index (χ1) is 8.76. The quantitative estimate of drug-likeness (QED) is 0.865. The Morgan fingerprint density at radius 2 is 1.89 bits per heavy atom. The number of fused-ring (bicyclic) bond motifs is 1. The average Bonchev–Trinajstić information content (AvgIpc) is 2.70. The number of hydrogen-bond donors (Lipinski definition) is 0. The zero-order chi connectivity index (χ0) is 14.4. The van der Waals surface area contributed by atoms with Crippen LogP contribution < -0.4 is 0 Å². The molecule has 0 saturated heterocycles. The molecule has 2 aromatic rings. The van der Waals surface area contributed by atoms with E-state index in [0.29, 0.717) is 5.52 Å². The van der Waals surface area contributed by atoms with E-state index in [1.165, 1.54) is 18.4 Å². The highest BCUT2D eigenvalue weighted by atomic mass is 32.2. The van der Waals surface area contributed by atoms with E-state index in [2.05, 4.69) is 4.98 Å². The monoisotopic (exact) mass is 281 g/mol. The van der Waals surface area contributed by atoms with Gasteiger partial charge < -0.3 is 0 Å². The summed E-state index contributed by atoms with van der Waals surface area (Å²) in [5.41, 5.74) is 1.62. The van der Waals surface area contributed by atoms with Gasteiger partial charge in [0.15, 0.2) is 5.03 Å². The minimum Gasteiger partial charge on any atom is -0.299 e. The number of nitrogens with zero attached hydrogens (tertiary/aromatic N) is 3. The fourth-order valence-corrected chi connectivity index (χ4v) is 3.03. The van der Waals surface area contributed by atoms with Crippen molar-refractivity contribution in [1.82, 2.24) is 13.7 Å². The van der Waals surface area contributed by atoms with E-state index < -0.39 is 10.0 Å². The zero-order valence-electron chi connectivity index (χ0n) is 11.9. The first-order valence-corrected chi connectivity index (χ1v) is 7.61. The van der Waals surface area contributed by atoms with E-state index in [-0.39, 0.29) is 10.9 Å². The Morgan fingerprint density at radius 3 is 2.42 bits per heavy atom. The minimum atomic E-state index is -3.53. The van der Waals surface area contributed by atoms with Crippen LogP contribution in [0.4, 0.5) is 0 Å². The fourth-order valence-electron chi connectivity index (χ4n) is 2.05. The van der Waals surface area contributed by atoms with Gasteiger partial charge in [-0.25, -0.2) is 17.7 Å². The third-order valence-electron chi connectivity index (χ3n) is 3.09. The second-order valence-electron chi connectivity index (χ2n) is 5.11. The molecule has 2 rings (SSSR count). The SMILES string of the molecule is Cc1cccc2c(S(=O)(=O)N(C)C)nc(C(C)C)n12. The first kappa shape index (κ1) is 14.0. The largest absolute Gasteiger partial charge is 0.299 e. The number of pyridine rings is 1. The molecule has 0 atom stereocenters. The molecule has 0 N–H and O–H groups in total. The number of aryl methyl sites for hydroxylation is 1. The van der Waals surface area contributed by atoms with Crippen molar-refractivity contribution in [3.8, 4) is 0 Å². The van der Waals surface area contributed by atoms with Crippen molar-refractivity contribution in [2.24, 2.45) is 0 Å². The third-order valence-corrected chi connectivity index (χ3v) is 4.84. The molecule has 2 heterocycles. The number of rotatable bonds is 3. The average molecular weight is 281 g/mol. The highest BCUT2D eigenvalue weighted by Gasteiger charge is 2.26. The molecule has 0 aliphatic carbocycles. The topological polar surface area (TPSA) is 54.7 Å². The van der Waals surface area contributed by atoms with Gasteiger partial charge in [0.2, 0.25) is 0 Å². The molecule has 0 bridgehead atoms. The van der Waals surface area contributed by atoms with Crippen molar-refractivity contribution in [1.29, 1.82) is 0 Å². The summed E-state index contributed by atoms with van der Waals surface area (Å²) >= 11 is 0. The Balaban J connectivity index is 2.89. The molecular weight excluding hydrogens is 262 g/mol. The van der Waals surface area contributed by atoms with Gasteiger partial charge in [0.05, 0.1) is 5.52 Å². The summed E-state index contributed by atoms with van der Waals surface area (Å²) in [5.74, 6) is 0.924. The second-order valence-corrected chi connectivity index (χ2v) is 7.17. The highest BCUT2D eigenvalue weighted by molar-refractivity contribution is 7.89. The molecule has 0 spiro atoms. The summed E-state index contributed by atoms with van der Waals surface area (Å²) in [6.07, 6.45) is 0. The van der Waals surface area contributed by atoms with Gasteiger partial charge in [0, 0.05) is 25.7 Å². The smallest absolute Gasteiger partial charge is 0.262 e. The lowest BCUT2D eigenvalue weighted by Crippen LogP contribution is -2.22. The second kappa shape index (κ2) is 4.61. The Labute approximate surface area is 113 Å². The van der Waals surface area contributed by atoms with Crippen LogP contribution in [0.25, 0.3) is 5.52 Å². The maximum atomic E-state index is 12.3. The van der Waals surface area contributed by atoms with Crippen molar-refractivity contribution in [2.45, 2.75) is 31.7 Å². The lowest BCUT2D eigenvalue weighted by Gasteiger charge is -2.09. The maximum Gasteiger partial charge on any atom is 0.262 e. The van der Waals surface area contributed by atoms with Crippen LogP contribution in [-0.4, -0.2) is 36.2 Å². The molecule has 0 unspecified atom stereocenters. The van der Waals surface area contributed by atoms with Crippen LogP contribution in [0, 0.1) is 6.92 Å². The van der Waals surface area contributed by atoms with Crippen LogP contribution in [0.3, 0.4) is 0 Å². The van der Waals surface area contributed by atoms with Crippen LogP contribution in [0.5, 0.6) is 0 Å². The zero-order valence-corrected chi connectivity index (χ0v) is 12.7. The molecule has 0 fully saturated rings. The molecule has 0 saturated carbocycles. The highest BCUT2D eigenvalue weighted by Crippen LogP contribution is 2.25. The van der Waals surface area contributed by atoms with Crippen LogP contribution in [0.1, 0.15) is 31.3 Å². The Morgan fingerprint density at radius 1 is 1.26 bits per heavy atom. The van der Waals surface area contributed by atoms with Gasteiger partial charge in [-0.1, -0.05) is 19.9 Å². The molecule has 19 heavy (non-hydrogen) atoms. The molecule has 2 aromatic heterocycles. The summed E-state index contributed by atoms with van der Waals surface area (Å²) in [6, 6.07) is 5.60. The molecule has 0 aliphatic heterocycles. The fraction of sp³-hybridized carbons (Fsp3) is 0.462. The molecule has 6 heteroatoms. The van der Waals surface area contributed by atoms with E-state index in [4.69, 9.17) is 0 Å². The standard InChI is InChI=1S/C13H19N3O2S/c1-9(2)12-14-13(19(17,18)15(4)5)11-8-6-7-10(3)16(11)12/h6-9H,1-5H3. The predicted octanol–water partition coefficient (Wildman–Crippen LogP) is 2.02. The van der Waals surface area contributed by atoms with Gasteiger partial charge in [-0.15, -0.1) is 0 Å². The lowest BCUT2D eigenvalue weighted by atomic mass is 10.2. The van der Waals surface area contributed by atoms with Gasteiger partial charge in [-0.2, -0.15) is 0 Å². The van der Waals surface area contributed by atoms with E-state index in [1.807, 2.05) is 37.3 Å². The third kappa shape index (κ3) is 2.15. The minimum absolute atomic E-state index is 0.130. The van der Waals surface area contributed by atoms with Crippen molar-refractivity contribution >= 4 is 15.5 Å². The van der Waals surface area contributed by atoms with E-state index in [9.17, 15) is 8.42 Å². The number of sulfonamides is 1. The van der Waals surface area contributed by atoms with Gasteiger partial charge >= 0.3 is 0 Å². The maximum absolute atomic E-state index is 12.3. The van der Waals surface area contributed by atoms with Crippen LogP contribution >= 0.6 is 0 Å². The van der Waals surface area contributed by atoms with Gasteiger partial charge in [-0.05, 0) is 19.1 Å². The van der Waals surface area contributed by atoms with Gasteiger partial charge in [0.25, 0.3) is 10.0 Å². The molecule has 104 valence electrons. The predicted molar refractivity (Wildman–Crippen MR) is 74.9 cm³/mol. The Kier molecular flexibility index (Phi) is 3.40. The van der Waals surface area contributed by atoms with Crippen molar-refractivity contribution in [3.05, 3.63) is 29.7 Å². The van der Waals surface area contributed by atoms with Gasteiger partial charge in [-0.3, -0.25) is 4.40 Å². The summed E-state index contributed by atoms with van der Waals surface area (Å²) in [6.45, 7) is 5.97. The number of aromatic nitrogens is 2. The van der Waals surface area contributed by atoms with Crippen LogP contribution in [-0.2, 0) is 10.0 Å². The lowest BCUT2D eigenvalue weighted by molar-refractivity contribution is 0.518. The molecular formula is C13H19N3O2S. The summed E-state index contributed by atoms with van der Waals surface area (Å²) in [7, 11) is -0.493. The Bertz CT molecular complexity index is 715. The molecule has 0 radical (unpaired) electrons. The van der Waals surface area contributed by atoms with Gasteiger partial charge in [0.1, 0.15) is 5.82 Å². The summed E-state index contributed by atoms with van der Waals surface area (Å²) in [5, 5.41) is 0.130. The van der Waals surface area contributed by atoms with E-state index in [0.717, 1.165) is 11.5 Å². The first-order valence-electron chi connectivity index (χ1n) is 6.17. The van der Waals surface area contributed by atoms with Crippen molar-refractivity contribution in [3.63, 3.8) is 0 Å². The number of imidazole rings is 1. The molecule has 5 nitrogen and oxygen atoms in total. The van der Waals surface area contributed by atoms with Crippen LogP contribution in [0.15, 0.2) is 23.2 Å². The molecule has 0 aliphatic rings. The van der Waals surface area contributed by atoms with Crippen molar-refractivity contribution < 1.29 is 8.42 Å². The Hall–Kier alpha value is -1.40. The molecule has 0 amide bonds. The summed E-state index contributed by atoms with van der Waals surface area (Å²) in [4.78, 5) is 4.38.